The molecule has 18 heavy (non-hydrogen) atoms. The molecule has 0 spiro atoms. The van der Waals surface area contributed by atoms with Crippen molar-refractivity contribution in [1.82, 2.24) is 9.80 Å². The lowest BCUT2D eigenvalue weighted by Gasteiger charge is -2.33. The number of carboxylic acids is 1. The fourth-order valence-corrected chi connectivity index (χ4v) is 2.02. The van der Waals surface area contributed by atoms with E-state index >= 15 is 0 Å². The average Bonchev–Trinajstić information content (AvgIpc) is 3.08. The van der Waals surface area contributed by atoms with Gasteiger partial charge in [0.15, 0.2) is 0 Å². The Morgan fingerprint density at radius 2 is 1.89 bits per heavy atom. The summed E-state index contributed by atoms with van der Waals surface area (Å²) in [6.07, 6.45) is 3.11. The first-order valence-corrected chi connectivity index (χ1v) is 6.76. The van der Waals surface area contributed by atoms with Gasteiger partial charge < -0.3 is 14.9 Å². The van der Waals surface area contributed by atoms with E-state index in [1.165, 1.54) is 0 Å². The molecule has 0 heterocycles. The highest BCUT2D eigenvalue weighted by atomic mass is 16.4. The van der Waals surface area contributed by atoms with Crippen LogP contribution in [0.1, 0.15) is 46.5 Å². The van der Waals surface area contributed by atoms with E-state index in [1.807, 2.05) is 18.7 Å². The number of carbonyl (C=O) groups excluding carboxylic acids is 1. The van der Waals surface area contributed by atoms with Crippen molar-refractivity contribution in [3.63, 3.8) is 0 Å². The number of carbonyl (C=O) groups is 2. The van der Waals surface area contributed by atoms with E-state index < -0.39 is 5.97 Å². The maximum atomic E-state index is 12.4. The highest BCUT2D eigenvalue weighted by Crippen LogP contribution is 2.28. The minimum Gasteiger partial charge on any atom is -0.481 e. The first-order valence-electron chi connectivity index (χ1n) is 6.76. The second-order valence-corrected chi connectivity index (χ2v) is 5.14. The fourth-order valence-electron chi connectivity index (χ4n) is 2.02. The van der Waals surface area contributed by atoms with Gasteiger partial charge in [0.1, 0.15) is 0 Å². The lowest BCUT2D eigenvalue weighted by atomic mass is 10.3. The normalized spacial score (nSPS) is 14.7. The zero-order valence-corrected chi connectivity index (χ0v) is 11.6. The van der Waals surface area contributed by atoms with Crippen molar-refractivity contribution in [2.45, 2.75) is 58.5 Å². The molecule has 5 heteroatoms. The number of carboxylic acid groups (broad SMARTS) is 1. The molecule has 1 aliphatic carbocycles. The molecule has 1 aliphatic rings. The molecule has 2 amide bonds. The Labute approximate surface area is 109 Å². The second-order valence-electron chi connectivity index (χ2n) is 5.14. The molecular weight excluding hydrogens is 232 g/mol. The summed E-state index contributed by atoms with van der Waals surface area (Å²) in [5.41, 5.74) is 0. The molecule has 0 bridgehead atoms. The summed E-state index contributed by atoms with van der Waals surface area (Å²) in [6, 6.07) is 0.411. The van der Waals surface area contributed by atoms with Gasteiger partial charge in [-0.2, -0.15) is 0 Å². The molecular formula is C13H24N2O3. The third-order valence-electron chi connectivity index (χ3n) is 3.13. The molecule has 0 atom stereocenters. The molecule has 0 radical (unpaired) electrons. The summed E-state index contributed by atoms with van der Waals surface area (Å²) in [7, 11) is 0. The summed E-state index contributed by atoms with van der Waals surface area (Å²) in [5, 5.41) is 8.74. The monoisotopic (exact) mass is 256 g/mol. The van der Waals surface area contributed by atoms with Crippen molar-refractivity contribution in [2.24, 2.45) is 0 Å². The Balaban J connectivity index is 2.64. The van der Waals surface area contributed by atoms with Crippen molar-refractivity contribution < 1.29 is 14.7 Å². The van der Waals surface area contributed by atoms with Crippen molar-refractivity contribution in [3.05, 3.63) is 0 Å². The largest absolute Gasteiger partial charge is 0.481 e. The Kier molecular flexibility index (Phi) is 5.44. The van der Waals surface area contributed by atoms with Gasteiger partial charge >= 0.3 is 12.0 Å². The first kappa shape index (κ1) is 14.8. The van der Waals surface area contributed by atoms with E-state index in [1.54, 1.807) is 4.90 Å². The molecule has 0 aliphatic heterocycles. The van der Waals surface area contributed by atoms with Gasteiger partial charge in [0, 0.05) is 25.2 Å². The summed E-state index contributed by atoms with van der Waals surface area (Å²) < 4.78 is 0. The Morgan fingerprint density at radius 1 is 1.28 bits per heavy atom. The number of rotatable bonds is 7. The van der Waals surface area contributed by atoms with Gasteiger partial charge in [-0.05, 0) is 33.1 Å². The van der Waals surface area contributed by atoms with Crippen LogP contribution in [0.4, 0.5) is 4.79 Å². The molecule has 1 rings (SSSR count). The minimum atomic E-state index is -0.859. The van der Waals surface area contributed by atoms with Crippen LogP contribution >= 0.6 is 0 Å². The van der Waals surface area contributed by atoms with Gasteiger partial charge in [0.2, 0.25) is 0 Å². The molecule has 0 aromatic heterocycles. The Hall–Kier alpha value is -1.26. The predicted octanol–water partition coefficient (Wildman–Crippen LogP) is 2.17. The van der Waals surface area contributed by atoms with Gasteiger partial charge in [-0.3, -0.25) is 4.79 Å². The maximum absolute atomic E-state index is 12.4. The molecule has 1 N–H and O–H groups in total. The van der Waals surface area contributed by atoms with E-state index in [4.69, 9.17) is 5.11 Å². The summed E-state index contributed by atoms with van der Waals surface area (Å²) >= 11 is 0. The van der Waals surface area contributed by atoms with Crippen LogP contribution in [0.15, 0.2) is 0 Å². The number of nitrogens with zero attached hydrogens (tertiary/aromatic N) is 2. The van der Waals surface area contributed by atoms with Gasteiger partial charge in [-0.15, -0.1) is 0 Å². The van der Waals surface area contributed by atoms with Crippen LogP contribution in [0.3, 0.4) is 0 Å². The molecule has 0 aromatic rings. The van der Waals surface area contributed by atoms with Crippen LogP contribution in [0.5, 0.6) is 0 Å². The molecule has 104 valence electrons. The number of hydrogen-bond donors (Lipinski definition) is 1. The zero-order chi connectivity index (χ0) is 13.7. The fraction of sp³-hybridized carbons (Fsp3) is 0.846. The molecule has 0 unspecified atom stereocenters. The van der Waals surface area contributed by atoms with E-state index in [-0.39, 0.29) is 18.5 Å². The highest BCUT2D eigenvalue weighted by Gasteiger charge is 2.34. The zero-order valence-electron chi connectivity index (χ0n) is 11.6. The van der Waals surface area contributed by atoms with Gasteiger partial charge in [0.05, 0.1) is 6.42 Å². The smallest absolute Gasteiger partial charge is 0.320 e. The number of urea groups is 1. The Morgan fingerprint density at radius 3 is 2.28 bits per heavy atom. The first-order chi connectivity index (χ1) is 8.47. The minimum absolute atomic E-state index is 0.00407. The quantitative estimate of drug-likeness (QED) is 0.759. The van der Waals surface area contributed by atoms with Crippen LogP contribution < -0.4 is 0 Å². The molecule has 1 saturated carbocycles. The maximum Gasteiger partial charge on any atom is 0.320 e. The lowest BCUT2D eigenvalue weighted by Crippen LogP contribution is -2.48. The molecule has 1 fully saturated rings. The van der Waals surface area contributed by atoms with E-state index in [2.05, 4.69) is 6.92 Å². The number of amides is 2. The SMILES string of the molecule is CCCN(C(=O)N(CCC(=O)O)C(C)C)C1CC1. The van der Waals surface area contributed by atoms with Gasteiger partial charge in [-0.25, -0.2) is 4.79 Å². The summed E-state index contributed by atoms with van der Waals surface area (Å²) in [4.78, 5) is 26.6. The third kappa shape index (κ3) is 4.20. The molecule has 0 saturated heterocycles. The average molecular weight is 256 g/mol. The third-order valence-corrected chi connectivity index (χ3v) is 3.13. The van der Waals surface area contributed by atoms with Crippen LogP contribution in [-0.2, 0) is 4.79 Å². The summed E-state index contributed by atoms with van der Waals surface area (Å²) in [6.45, 7) is 6.96. The van der Waals surface area contributed by atoms with Gasteiger partial charge in [-0.1, -0.05) is 6.92 Å². The highest BCUT2D eigenvalue weighted by molar-refractivity contribution is 5.76. The van der Waals surface area contributed by atoms with Crippen molar-refractivity contribution in [2.75, 3.05) is 13.1 Å². The number of aliphatic carboxylic acids is 1. The summed E-state index contributed by atoms with van der Waals surface area (Å²) in [5.74, 6) is -0.859. The topological polar surface area (TPSA) is 60.9 Å². The van der Waals surface area contributed by atoms with Crippen molar-refractivity contribution >= 4 is 12.0 Å². The van der Waals surface area contributed by atoms with Crippen molar-refractivity contribution in [1.29, 1.82) is 0 Å². The van der Waals surface area contributed by atoms with Crippen molar-refractivity contribution in [3.8, 4) is 0 Å². The van der Waals surface area contributed by atoms with E-state index in [0.717, 1.165) is 25.8 Å². The number of hydrogen-bond acceptors (Lipinski definition) is 2. The van der Waals surface area contributed by atoms with Crippen LogP contribution in [-0.4, -0.2) is 52.1 Å². The lowest BCUT2D eigenvalue weighted by molar-refractivity contribution is -0.137. The van der Waals surface area contributed by atoms with Crippen LogP contribution in [0, 0.1) is 0 Å². The van der Waals surface area contributed by atoms with Crippen LogP contribution in [0.2, 0.25) is 0 Å². The molecule has 5 nitrogen and oxygen atoms in total. The van der Waals surface area contributed by atoms with E-state index in [0.29, 0.717) is 12.6 Å². The van der Waals surface area contributed by atoms with Gasteiger partial charge in [0.25, 0.3) is 0 Å². The molecule has 0 aromatic carbocycles. The van der Waals surface area contributed by atoms with E-state index in [9.17, 15) is 9.59 Å². The Bertz CT molecular complexity index is 301. The predicted molar refractivity (Wildman–Crippen MR) is 69.5 cm³/mol. The van der Waals surface area contributed by atoms with Crippen LogP contribution in [0.25, 0.3) is 0 Å². The second kappa shape index (κ2) is 6.61. The standard InChI is InChI=1S/C13H24N2O3/c1-4-8-15(11-5-6-11)13(18)14(10(2)3)9-7-12(16)17/h10-11H,4-9H2,1-3H3,(H,16,17).